The maximum Gasteiger partial charge on any atom is 0.232 e. The maximum absolute atomic E-state index is 11.9. The fraction of sp³-hybridized carbons (Fsp3) is 0.846. The van der Waals surface area contributed by atoms with Crippen molar-refractivity contribution in [3.63, 3.8) is 0 Å². The Labute approximate surface area is 109 Å². The van der Waals surface area contributed by atoms with Crippen LogP contribution in [0.15, 0.2) is 0 Å². The topological polar surface area (TPSA) is 58.6 Å². The summed E-state index contributed by atoms with van der Waals surface area (Å²) in [5.74, 6) is 0.313. The fourth-order valence-electron chi connectivity index (χ4n) is 2.17. The van der Waals surface area contributed by atoms with Crippen molar-refractivity contribution in [2.75, 3.05) is 33.4 Å². The standard InChI is InChI=1S/C13H24N2O3/c1-11-5-3-7-15(10-11)13(17)9-12(16)14-6-4-8-18-2/h11H,3-10H2,1-2H3,(H,14,16). The number of ether oxygens (including phenoxy) is 1. The van der Waals surface area contributed by atoms with Crippen LogP contribution in [-0.2, 0) is 14.3 Å². The predicted molar refractivity (Wildman–Crippen MR) is 69.1 cm³/mol. The number of carbonyl (C=O) groups excluding carboxylic acids is 2. The summed E-state index contributed by atoms with van der Waals surface area (Å²) in [4.78, 5) is 25.2. The number of hydrogen-bond acceptors (Lipinski definition) is 3. The van der Waals surface area contributed by atoms with Crippen LogP contribution in [0.2, 0.25) is 0 Å². The fourth-order valence-corrected chi connectivity index (χ4v) is 2.17. The highest BCUT2D eigenvalue weighted by atomic mass is 16.5. The van der Waals surface area contributed by atoms with Gasteiger partial charge < -0.3 is 15.0 Å². The molecule has 1 N–H and O–H groups in total. The summed E-state index contributed by atoms with van der Waals surface area (Å²) < 4.78 is 4.89. The van der Waals surface area contributed by atoms with Crippen LogP contribution < -0.4 is 5.32 Å². The zero-order valence-electron chi connectivity index (χ0n) is 11.4. The second-order valence-electron chi connectivity index (χ2n) is 4.96. The number of piperidine rings is 1. The molecule has 0 aromatic carbocycles. The van der Waals surface area contributed by atoms with E-state index in [9.17, 15) is 9.59 Å². The van der Waals surface area contributed by atoms with E-state index in [1.165, 1.54) is 6.42 Å². The third-order valence-electron chi connectivity index (χ3n) is 3.17. The lowest BCUT2D eigenvalue weighted by molar-refractivity contribution is -0.137. The molecule has 1 aliphatic rings. The van der Waals surface area contributed by atoms with Crippen molar-refractivity contribution in [1.29, 1.82) is 0 Å². The van der Waals surface area contributed by atoms with Crippen LogP contribution in [0.1, 0.15) is 32.6 Å². The quantitative estimate of drug-likeness (QED) is 0.564. The molecule has 1 unspecified atom stereocenters. The molecule has 5 nitrogen and oxygen atoms in total. The molecule has 1 heterocycles. The molecule has 1 aliphatic heterocycles. The summed E-state index contributed by atoms with van der Waals surface area (Å²) in [5, 5.41) is 2.73. The van der Waals surface area contributed by atoms with Crippen molar-refractivity contribution >= 4 is 11.8 Å². The van der Waals surface area contributed by atoms with Crippen molar-refractivity contribution < 1.29 is 14.3 Å². The number of carbonyl (C=O) groups is 2. The number of methoxy groups -OCH3 is 1. The average Bonchev–Trinajstić information content (AvgIpc) is 2.34. The van der Waals surface area contributed by atoms with Crippen molar-refractivity contribution in [3.8, 4) is 0 Å². The largest absolute Gasteiger partial charge is 0.385 e. The first kappa shape index (κ1) is 15.0. The molecular formula is C13H24N2O3. The van der Waals surface area contributed by atoms with Gasteiger partial charge in [0.2, 0.25) is 11.8 Å². The maximum atomic E-state index is 11.9. The first-order valence-electron chi connectivity index (χ1n) is 6.67. The SMILES string of the molecule is COCCCNC(=O)CC(=O)N1CCCC(C)C1. The average molecular weight is 256 g/mol. The lowest BCUT2D eigenvalue weighted by Crippen LogP contribution is -2.41. The molecule has 5 heteroatoms. The Morgan fingerprint density at radius 2 is 2.22 bits per heavy atom. The lowest BCUT2D eigenvalue weighted by atomic mass is 10.00. The lowest BCUT2D eigenvalue weighted by Gasteiger charge is -2.30. The van der Waals surface area contributed by atoms with E-state index in [4.69, 9.17) is 4.74 Å². The molecule has 18 heavy (non-hydrogen) atoms. The second-order valence-corrected chi connectivity index (χ2v) is 4.96. The molecule has 0 aromatic heterocycles. The smallest absolute Gasteiger partial charge is 0.232 e. The van der Waals surface area contributed by atoms with Crippen molar-refractivity contribution in [1.82, 2.24) is 10.2 Å². The zero-order valence-corrected chi connectivity index (χ0v) is 11.4. The van der Waals surface area contributed by atoms with Gasteiger partial charge in [0, 0.05) is 33.4 Å². The Hall–Kier alpha value is -1.10. The van der Waals surface area contributed by atoms with Gasteiger partial charge in [0.25, 0.3) is 0 Å². The van der Waals surface area contributed by atoms with Crippen LogP contribution in [0.25, 0.3) is 0 Å². The molecule has 0 aliphatic carbocycles. The second kappa shape index (κ2) is 8.08. The summed E-state index contributed by atoms with van der Waals surface area (Å²) in [7, 11) is 1.63. The highest BCUT2D eigenvalue weighted by Gasteiger charge is 2.22. The molecule has 1 saturated heterocycles. The molecule has 1 rings (SSSR count). The molecule has 1 fully saturated rings. The van der Waals surface area contributed by atoms with Gasteiger partial charge >= 0.3 is 0 Å². The van der Waals surface area contributed by atoms with Crippen LogP contribution in [0.5, 0.6) is 0 Å². The summed E-state index contributed by atoms with van der Waals surface area (Å²) in [6.07, 6.45) is 2.96. The van der Waals surface area contributed by atoms with Gasteiger partial charge in [-0.15, -0.1) is 0 Å². The third-order valence-corrected chi connectivity index (χ3v) is 3.17. The van der Waals surface area contributed by atoms with E-state index < -0.39 is 0 Å². The summed E-state index contributed by atoms with van der Waals surface area (Å²) >= 11 is 0. The van der Waals surface area contributed by atoms with E-state index in [1.807, 2.05) is 4.90 Å². The zero-order chi connectivity index (χ0) is 13.4. The van der Waals surface area contributed by atoms with Crippen LogP contribution >= 0.6 is 0 Å². The minimum absolute atomic E-state index is 0.0281. The van der Waals surface area contributed by atoms with Gasteiger partial charge in [0.1, 0.15) is 6.42 Å². The van der Waals surface area contributed by atoms with Crippen molar-refractivity contribution in [2.45, 2.75) is 32.6 Å². The first-order valence-corrected chi connectivity index (χ1v) is 6.67. The first-order chi connectivity index (χ1) is 8.63. The Morgan fingerprint density at radius 3 is 2.89 bits per heavy atom. The minimum Gasteiger partial charge on any atom is -0.385 e. The number of hydrogen-bond donors (Lipinski definition) is 1. The monoisotopic (exact) mass is 256 g/mol. The Balaban J connectivity index is 2.20. The van der Waals surface area contributed by atoms with Gasteiger partial charge in [0.05, 0.1) is 0 Å². The molecule has 0 bridgehead atoms. The highest BCUT2D eigenvalue weighted by molar-refractivity contribution is 5.96. The van der Waals surface area contributed by atoms with E-state index in [2.05, 4.69) is 12.2 Å². The Bertz CT molecular complexity index is 281. The molecule has 104 valence electrons. The number of amides is 2. The molecule has 0 radical (unpaired) electrons. The Kier molecular flexibility index (Phi) is 6.72. The van der Waals surface area contributed by atoms with Gasteiger partial charge in [-0.25, -0.2) is 0 Å². The molecule has 2 amide bonds. The molecule has 0 aromatic rings. The Morgan fingerprint density at radius 1 is 1.44 bits per heavy atom. The number of nitrogens with zero attached hydrogens (tertiary/aromatic N) is 1. The molecular weight excluding hydrogens is 232 g/mol. The van der Waals surface area contributed by atoms with E-state index in [0.29, 0.717) is 19.1 Å². The van der Waals surface area contributed by atoms with E-state index in [1.54, 1.807) is 7.11 Å². The van der Waals surface area contributed by atoms with Crippen molar-refractivity contribution in [3.05, 3.63) is 0 Å². The van der Waals surface area contributed by atoms with E-state index >= 15 is 0 Å². The molecule has 0 saturated carbocycles. The normalized spacial score (nSPS) is 19.7. The molecule has 0 spiro atoms. The van der Waals surface area contributed by atoms with Gasteiger partial charge in [-0.3, -0.25) is 9.59 Å². The van der Waals surface area contributed by atoms with E-state index in [0.717, 1.165) is 25.9 Å². The van der Waals surface area contributed by atoms with Crippen LogP contribution in [0, 0.1) is 5.92 Å². The van der Waals surface area contributed by atoms with Crippen molar-refractivity contribution in [2.24, 2.45) is 5.92 Å². The van der Waals surface area contributed by atoms with E-state index in [-0.39, 0.29) is 18.2 Å². The predicted octanol–water partition coefficient (Wildman–Crippen LogP) is 0.788. The van der Waals surface area contributed by atoms with Gasteiger partial charge in [-0.05, 0) is 25.2 Å². The number of likely N-dealkylation sites (tertiary alicyclic amines) is 1. The van der Waals surface area contributed by atoms with Gasteiger partial charge in [-0.2, -0.15) is 0 Å². The highest BCUT2D eigenvalue weighted by Crippen LogP contribution is 2.15. The van der Waals surface area contributed by atoms with Gasteiger partial charge in [-0.1, -0.05) is 6.92 Å². The summed E-state index contributed by atoms with van der Waals surface area (Å²) in [5.41, 5.74) is 0. The van der Waals surface area contributed by atoms with Gasteiger partial charge in [0.15, 0.2) is 0 Å². The number of nitrogens with one attached hydrogen (secondary N) is 1. The van der Waals surface area contributed by atoms with Crippen LogP contribution in [-0.4, -0.2) is 50.1 Å². The minimum atomic E-state index is -0.186. The summed E-state index contributed by atoms with van der Waals surface area (Å²) in [6, 6.07) is 0. The summed E-state index contributed by atoms with van der Waals surface area (Å²) in [6.45, 7) is 4.91. The number of rotatable bonds is 6. The van der Waals surface area contributed by atoms with Crippen LogP contribution in [0.3, 0.4) is 0 Å². The molecule has 1 atom stereocenters. The third kappa shape index (κ3) is 5.49. The van der Waals surface area contributed by atoms with Crippen LogP contribution in [0.4, 0.5) is 0 Å².